The quantitative estimate of drug-likeness (QED) is 0.925. The standard InChI is InChI=1S/C15H21N3OS/c1-4-18(3)14(19)11(2)16-15-17-13(10-20-15)12-8-6-5-7-9-12/h5-9,11,13H,4,10H2,1-3H3,(H,16,17). The van der Waals surface area contributed by atoms with Crippen molar-refractivity contribution < 1.29 is 4.79 Å². The fourth-order valence-corrected chi connectivity index (χ4v) is 3.08. The molecule has 1 heterocycles. The van der Waals surface area contributed by atoms with E-state index in [-0.39, 0.29) is 18.0 Å². The highest BCUT2D eigenvalue weighted by Crippen LogP contribution is 2.29. The van der Waals surface area contributed by atoms with E-state index in [1.807, 2.05) is 39.1 Å². The lowest BCUT2D eigenvalue weighted by Gasteiger charge is -2.20. The van der Waals surface area contributed by atoms with Gasteiger partial charge in [-0.3, -0.25) is 9.79 Å². The smallest absolute Gasteiger partial charge is 0.244 e. The van der Waals surface area contributed by atoms with Crippen LogP contribution < -0.4 is 5.32 Å². The van der Waals surface area contributed by atoms with Gasteiger partial charge in [0.15, 0.2) is 5.17 Å². The van der Waals surface area contributed by atoms with Crippen LogP contribution in [0.25, 0.3) is 0 Å². The minimum atomic E-state index is -0.235. The zero-order valence-corrected chi connectivity index (χ0v) is 13.0. The van der Waals surface area contributed by atoms with Crippen LogP contribution in [0.2, 0.25) is 0 Å². The molecule has 2 unspecified atom stereocenters. The minimum Gasteiger partial charge on any atom is -0.353 e. The fraction of sp³-hybridized carbons (Fsp3) is 0.467. The van der Waals surface area contributed by atoms with Crippen LogP contribution in [0.4, 0.5) is 0 Å². The maximum Gasteiger partial charge on any atom is 0.244 e. The van der Waals surface area contributed by atoms with Crippen molar-refractivity contribution in [3.05, 3.63) is 35.9 Å². The SMILES string of the molecule is CCN(C)C(=O)C(C)NC1=NC(c2ccccc2)CS1. The molecule has 2 rings (SSSR count). The molecule has 0 spiro atoms. The maximum atomic E-state index is 12.0. The molecular formula is C15H21N3OS. The summed E-state index contributed by atoms with van der Waals surface area (Å²) in [6, 6.07) is 10.2. The van der Waals surface area contributed by atoms with Gasteiger partial charge in [0.05, 0.1) is 6.04 Å². The molecule has 1 aromatic rings. The molecule has 1 aromatic carbocycles. The topological polar surface area (TPSA) is 44.7 Å². The molecule has 0 fully saturated rings. The molecule has 1 amide bonds. The van der Waals surface area contributed by atoms with Crippen molar-refractivity contribution in [3.63, 3.8) is 0 Å². The summed E-state index contributed by atoms with van der Waals surface area (Å²) in [6.45, 7) is 4.57. The van der Waals surface area contributed by atoms with E-state index in [1.165, 1.54) is 5.56 Å². The molecule has 2 atom stereocenters. The summed E-state index contributed by atoms with van der Waals surface area (Å²) in [5.74, 6) is 1.02. The van der Waals surface area contributed by atoms with Gasteiger partial charge in [0.2, 0.25) is 5.91 Å². The number of hydrogen-bond acceptors (Lipinski definition) is 4. The molecule has 0 aliphatic carbocycles. The van der Waals surface area contributed by atoms with Gasteiger partial charge < -0.3 is 10.2 Å². The van der Waals surface area contributed by atoms with Gasteiger partial charge in [-0.1, -0.05) is 42.1 Å². The summed E-state index contributed by atoms with van der Waals surface area (Å²) < 4.78 is 0. The average molecular weight is 291 g/mol. The van der Waals surface area contributed by atoms with Crippen LogP contribution in [0.5, 0.6) is 0 Å². The number of hydrogen-bond donors (Lipinski definition) is 1. The van der Waals surface area contributed by atoms with Gasteiger partial charge in [-0.15, -0.1) is 0 Å². The summed E-state index contributed by atoms with van der Waals surface area (Å²) >= 11 is 1.68. The van der Waals surface area contributed by atoms with Crippen LogP contribution in [0.1, 0.15) is 25.5 Å². The van der Waals surface area contributed by atoms with E-state index in [9.17, 15) is 4.79 Å². The first kappa shape index (κ1) is 14.9. The van der Waals surface area contributed by atoms with Crippen LogP contribution in [0.3, 0.4) is 0 Å². The molecule has 1 aliphatic rings. The molecule has 0 radical (unpaired) electrons. The first-order valence-corrected chi connectivity index (χ1v) is 7.87. The highest BCUT2D eigenvalue weighted by Gasteiger charge is 2.23. The molecule has 1 N–H and O–H groups in total. The Morgan fingerprint density at radius 3 is 2.85 bits per heavy atom. The van der Waals surface area contributed by atoms with E-state index in [4.69, 9.17) is 0 Å². The average Bonchev–Trinajstić information content (AvgIpc) is 2.95. The number of likely N-dealkylation sites (N-methyl/N-ethyl adjacent to an activating group) is 1. The second-order valence-electron chi connectivity index (χ2n) is 4.89. The predicted molar refractivity (Wildman–Crippen MR) is 85.0 cm³/mol. The number of amidine groups is 1. The van der Waals surface area contributed by atoms with Gasteiger partial charge in [-0.05, 0) is 19.4 Å². The molecule has 0 bridgehead atoms. The lowest BCUT2D eigenvalue weighted by atomic mass is 10.1. The van der Waals surface area contributed by atoms with Crippen LogP contribution in [-0.2, 0) is 4.79 Å². The van der Waals surface area contributed by atoms with E-state index in [0.717, 1.165) is 17.5 Å². The second-order valence-corrected chi connectivity index (χ2v) is 5.90. The largest absolute Gasteiger partial charge is 0.353 e. The maximum absolute atomic E-state index is 12.0. The summed E-state index contributed by atoms with van der Waals surface area (Å²) in [4.78, 5) is 18.4. The number of nitrogens with zero attached hydrogens (tertiary/aromatic N) is 2. The van der Waals surface area contributed by atoms with Crippen LogP contribution in [-0.4, -0.2) is 41.4 Å². The molecule has 5 heteroatoms. The summed E-state index contributed by atoms with van der Waals surface area (Å²) in [6.07, 6.45) is 0. The van der Waals surface area contributed by atoms with Gasteiger partial charge in [0.25, 0.3) is 0 Å². The third-order valence-corrected chi connectivity index (χ3v) is 4.38. The molecule has 4 nitrogen and oxygen atoms in total. The Kier molecular flexibility index (Phi) is 5.06. The highest BCUT2D eigenvalue weighted by atomic mass is 32.2. The van der Waals surface area contributed by atoms with E-state index in [1.54, 1.807) is 16.7 Å². The zero-order valence-electron chi connectivity index (χ0n) is 12.2. The Hall–Kier alpha value is -1.49. The number of benzene rings is 1. The van der Waals surface area contributed by atoms with E-state index in [2.05, 4.69) is 22.4 Å². The number of thioether (sulfide) groups is 1. The molecule has 0 aromatic heterocycles. The molecule has 108 valence electrons. The Morgan fingerprint density at radius 2 is 2.20 bits per heavy atom. The molecule has 0 saturated heterocycles. The number of aliphatic imine (C=N–C) groups is 1. The molecule has 1 aliphatic heterocycles. The number of carbonyl (C=O) groups excluding carboxylic acids is 1. The van der Waals surface area contributed by atoms with Crippen molar-refractivity contribution in [2.75, 3.05) is 19.3 Å². The number of carbonyl (C=O) groups is 1. The van der Waals surface area contributed by atoms with Crippen molar-refractivity contribution in [1.82, 2.24) is 10.2 Å². The van der Waals surface area contributed by atoms with Crippen LogP contribution in [0, 0.1) is 0 Å². The first-order chi connectivity index (χ1) is 9.61. The van der Waals surface area contributed by atoms with Gasteiger partial charge in [-0.2, -0.15) is 0 Å². The van der Waals surface area contributed by atoms with Crippen LogP contribution >= 0.6 is 11.8 Å². The number of nitrogens with one attached hydrogen (secondary N) is 1. The van der Waals surface area contributed by atoms with Crippen molar-refractivity contribution in [2.24, 2.45) is 4.99 Å². The predicted octanol–water partition coefficient (Wildman–Crippen LogP) is 2.29. The van der Waals surface area contributed by atoms with Crippen molar-refractivity contribution in [1.29, 1.82) is 0 Å². The lowest BCUT2D eigenvalue weighted by Crippen LogP contribution is -2.44. The van der Waals surface area contributed by atoms with Gasteiger partial charge in [0.1, 0.15) is 6.04 Å². The molecular weight excluding hydrogens is 270 g/mol. The number of amides is 1. The Bertz CT molecular complexity index is 489. The van der Waals surface area contributed by atoms with Crippen molar-refractivity contribution in [3.8, 4) is 0 Å². The Morgan fingerprint density at radius 1 is 1.50 bits per heavy atom. The van der Waals surface area contributed by atoms with E-state index < -0.39 is 0 Å². The molecule has 20 heavy (non-hydrogen) atoms. The minimum absolute atomic E-state index is 0.0963. The normalized spacial score (nSPS) is 19.4. The second kappa shape index (κ2) is 6.79. The summed E-state index contributed by atoms with van der Waals surface area (Å²) in [7, 11) is 1.82. The van der Waals surface area contributed by atoms with Crippen LogP contribution in [0.15, 0.2) is 35.3 Å². The van der Waals surface area contributed by atoms with Crippen molar-refractivity contribution >= 4 is 22.8 Å². The third kappa shape index (κ3) is 3.54. The highest BCUT2D eigenvalue weighted by molar-refractivity contribution is 8.14. The van der Waals surface area contributed by atoms with Gasteiger partial charge in [-0.25, -0.2) is 0 Å². The number of rotatable bonds is 4. The first-order valence-electron chi connectivity index (χ1n) is 6.89. The summed E-state index contributed by atoms with van der Waals surface area (Å²) in [5, 5.41) is 4.08. The Labute approximate surface area is 124 Å². The lowest BCUT2D eigenvalue weighted by molar-refractivity contribution is -0.131. The summed E-state index contributed by atoms with van der Waals surface area (Å²) in [5.41, 5.74) is 1.22. The zero-order chi connectivity index (χ0) is 14.5. The molecule has 0 saturated carbocycles. The van der Waals surface area contributed by atoms with Gasteiger partial charge >= 0.3 is 0 Å². The van der Waals surface area contributed by atoms with Gasteiger partial charge in [0, 0.05) is 19.3 Å². The third-order valence-electron chi connectivity index (χ3n) is 3.40. The van der Waals surface area contributed by atoms with E-state index in [0.29, 0.717) is 0 Å². The van der Waals surface area contributed by atoms with Crippen molar-refractivity contribution in [2.45, 2.75) is 25.9 Å². The van der Waals surface area contributed by atoms with E-state index >= 15 is 0 Å². The monoisotopic (exact) mass is 291 g/mol. The fourth-order valence-electron chi connectivity index (χ4n) is 2.03. The Balaban J connectivity index is 1.96.